The Bertz CT molecular complexity index is 600. The summed E-state index contributed by atoms with van der Waals surface area (Å²) in [5.74, 6) is 3.07. The molecule has 1 fully saturated rings. The van der Waals surface area contributed by atoms with Crippen LogP contribution in [0.2, 0.25) is 0 Å². The maximum atomic E-state index is 12.7. The molecule has 0 aliphatic heterocycles. The molecular formula is C18H23NO4. The lowest BCUT2D eigenvalue weighted by Crippen LogP contribution is -2.50. The minimum absolute atomic E-state index is 0.128. The lowest BCUT2D eigenvalue weighted by atomic mass is 9.90. The van der Waals surface area contributed by atoms with Gasteiger partial charge in [-0.25, -0.2) is 0 Å². The molecule has 23 heavy (non-hydrogen) atoms. The van der Waals surface area contributed by atoms with E-state index < -0.39 is 5.72 Å². The maximum Gasteiger partial charge on any atom is 0.255 e. The molecule has 2 rings (SSSR count). The number of benzene rings is 1. The molecule has 124 valence electrons. The van der Waals surface area contributed by atoms with Crippen molar-refractivity contribution in [2.45, 2.75) is 37.8 Å². The smallest absolute Gasteiger partial charge is 0.255 e. The second-order valence-corrected chi connectivity index (χ2v) is 5.77. The SMILES string of the molecule is C#CCOc1ccc(C(=O)N(C)C2(O)CCCCC2)cc1OC. The van der Waals surface area contributed by atoms with E-state index >= 15 is 0 Å². The van der Waals surface area contributed by atoms with Crippen LogP contribution in [0, 0.1) is 12.3 Å². The molecule has 0 atom stereocenters. The Morgan fingerprint density at radius 3 is 2.65 bits per heavy atom. The molecule has 1 amide bonds. The molecule has 5 nitrogen and oxygen atoms in total. The number of carbonyl (C=O) groups is 1. The van der Waals surface area contributed by atoms with Crippen LogP contribution in [0.5, 0.6) is 11.5 Å². The normalized spacial score (nSPS) is 16.3. The van der Waals surface area contributed by atoms with E-state index in [4.69, 9.17) is 15.9 Å². The van der Waals surface area contributed by atoms with Gasteiger partial charge in [-0.3, -0.25) is 4.79 Å². The summed E-state index contributed by atoms with van der Waals surface area (Å²) in [4.78, 5) is 14.1. The van der Waals surface area contributed by atoms with Crippen molar-refractivity contribution in [3.8, 4) is 23.8 Å². The molecule has 1 saturated carbocycles. The third-order valence-electron chi connectivity index (χ3n) is 4.30. The molecule has 5 heteroatoms. The fourth-order valence-corrected chi connectivity index (χ4v) is 2.88. The van der Waals surface area contributed by atoms with Crippen LogP contribution in [0.1, 0.15) is 42.5 Å². The summed E-state index contributed by atoms with van der Waals surface area (Å²) in [6.45, 7) is 0.128. The summed E-state index contributed by atoms with van der Waals surface area (Å²) < 4.78 is 10.6. The van der Waals surface area contributed by atoms with Crippen LogP contribution in [-0.2, 0) is 0 Å². The van der Waals surface area contributed by atoms with Crippen LogP contribution in [0.15, 0.2) is 18.2 Å². The number of carbonyl (C=O) groups excluding carboxylic acids is 1. The van der Waals surface area contributed by atoms with Gasteiger partial charge in [0, 0.05) is 12.6 Å². The number of methoxy groups -OCH3 is 1. The summed E-state index contributed by atoms with van der Waals surface area (Å²) in [6.07, 6.45) is 9.34. The number of aliphatic hydroxyl groups is 1. The predicted octanol–water partition coefficient (Wildman–Crippen LogP) is 2.43. The molecule has 0 bridgehead atoms. The van der Waals surface area contributed by atoms with Crippen molar-refractivity contribution in [1.82, 2.24) is 4.90 Å². The molecule has 0 saturated heterocycles. The quantitative estimate of drug-likeness (QED) is 0.669. The van der Waals surface area contributed by atoms with Gasteiger partial charge in [0.05, 0.1) is 7.11 Å². The van der Waals surface area contributed by atoms with Crippen LogP contribution in [0.4, 0.5) is 0 Å². The minimum atomic E-state index is -1.07. The zero-order chi connectivity index (χ0) is 16.9. The van der Waals surface area contributed by atoms with Gasteiger partial charge in [0.25, 0.3) is 5.91 Å². The lowest BCUT2D eigenvalue weighted by Gasteiger charge is -2.40. The Hall–Kier alpha value is -2.19. The number of amides is 1. The van der Waals surface area contributed by atoms with E-state index in [-0.39, 0.29) is 12.5 Å². The Kier molecular flexibility index (Phi) is 5.51. The molecule has 0 radical (unpaired) electrons. The van der Waals surface area contributed by atoms with Gasteiger partial charge < -0.3 is 19.5 Å². The second-order valence-electron chi connectivity index (χ2n) is 5.77. The molecule has 1 aliphatic rings. The van der Waals surface area contributed by atoms with E-state index in [2.05, 4.69) is 5.92 Å². The first kappa shape index (κ1) is 17.2. The zero-order valence-electron chi connectivity index (χ0n) is 13.7. The first-order chi connectivity index (χ1) is 11.0. The van der Waals surface area contributed by atoms with E-state index in [9.17, 15) is 9.90 Å². The highest BCUT2D eigenvalue weighted by Gasteiger charge is 2.36. The van der Waals surface area contributed by atoms with Crippen LogP contribution in [0.25, 0.3) is 0 Å². The highest BCUT2D eigenvalue weighted by atomic mass is 16.5. The summed E-state index contributed by atoms with van der Waals surface area (Å²) >= 11 is 0. The number of terminal acetylenes is 1. The topological polar surface area (TPSA) is 59.0 Å². The standard InChI is InChI=1S/C18H23NO4/c1-4-12-23-15-9-8-14(13-16(15)22-3)17(20)19(2)18(21)10-6-5-7-11-18/h1,8-9,13,21H,5-7,10-12H2,2-3H3. The van der Waals surface area contributed by atoms with E-state index in [1.165, 1.54) is 12.0 Å². The molecule has 1 aliphatic carbocycles. The largest absolute Gasteiger partial charge is 0.493 e. The third-order valence-corrected chi connectivity index (χ3v) is 4.30. The maximum absolute atomic E-state index is 12.7. The molecule has 1 N–H and O–H groups in total. The Balaban J connectivity index is 2.20. The highest BCUT2D eigenvalue weighted by Crippen LogP contribution is 2.33. The average molecular weight is 317 g/mol. The Labute approximate surface area is 137 Å². The van der Waals surface area contributed by atoms with Crippen molar-refractivity contribution < 1.29 is 19.4 Å². The fraction of sp³-hybridized carbons (Fsp3) is 0.500. The molecule has 1 aromatic rings. The molecule has 0 aromatic heterocycles. The van der Waals surface area contributed by atoms with Crippen LogP contribution in [0.3, 0.4) is 0 Å². The van der Waals surface area contributed by atoms with Crippen molar-refractivity contribution in [3.63, 3.8) is 0 Å². The van der Waals surface area contributed by atoms with Crippen molar-refractivity contribution in [2.75, 3.05) is 20.8 Å². The van der Waals surface area contributed by atoms with Gasteiger partial charge in [-0.1, -0.05) is 12.3 Å². The van der Waals surface area contributed by atoms with Crippen molar-refractivity contribution in [1.29, 1.82) is 0 Å². The van der Waals surface area contributed by atoms with Crippen molar-refractivity contribution in [2.24, 2.45) is 0 Å². The van der Waals surface area contributed by atoms with E-state index in [1.807, 2.05) is 0 Å². The monoisotopic (exact) mass is 317 g/mol. The number of hydrogen-bond acceptors (Lipinski definition) is 4. The van der Waals surface area contributed by atoms with Gasteiger partial charge in [-0.2, -0.15) is 0 Å². The number of nitrogens with zero attached hydrogens (tertiary/aromatic N) is 1. The van der Waals surface area contributed by atoms with E-state index in [0.717, 1.165) is 19.3 Å². The second kappa shape index (κ2) is 7.38. The van der Waals surface area contributed by atoms with Gasteiger partial charge in [-0.15, -0.1) is 6.42 Å². The Morgan fingerprint density at radius 2 is 2.04 bits per heavy atom. The Morgan fingerprint density at radius 1 is 1.35 bits per heavy atom. The third kappa shape index (κ3) is 3.77. The van der Waals surface area contributed by atoms with Crippen molar-refractivity contribution >= 4 is 5.91 Å². The summed E-state index contributed by atoms with van der Waals surface area (Å²) in [5, 5.41) is 10.7. The number of rotatable bonds is 5. The first-order valence-corrected chi connectivity index (χ1v) is 7.76. The first-order valence-electron chi connectivity index (χ1n) is 7.76. The van der Waals surface area contributed by atoms with E-state index in [0.29, 0.717) is 29.9 Å². The van der Waals surface area contributed by atoms with E-state index in [1.54, 1.807) is 25.2 Å². The summed E-state index contributed by atoms with van der Waals surface area (Å²) in [5.41, 5.74) is -0.627. The predicted molar refractivity (Wildman–Crippen MR) is 87.5 cm³/mol. The minimum Gasteiger partial charge on any atom is -0.493 e. The van der Waals surface area contributed by atoms with Crippen molar-refractivity contribution in [3.05, 3.63) is 23.8 Å². The lowest BCUT2D eigenvalue weighted by molar-refractivity contribution is -0.0997. The molecule has 1 aromatic carbocycles. The molecule has 0 heterocycles. The summed E-state index contributed by atoms with van der Waals surface area (Å²) in [7, 11) is 3.15. The molecular weight excluding hydrogens is 294 g/mol. The summed E-state index contributed by atoms with van der Waals surface area (Å²) in [6, 6.07) is 4.92. The number of ether oxygens (including phenoxy) is 2. The molecule has 0 spiro atoms. The van der Waals surface area contributed by atoms with Crippen LogP contribution >= 0.6 is 0 Å². The highest BCUT2D eigenvalue weighted by molar-refractivity contribution is 5.95. The van der Waals surface area contributed by atoms with Gasteiger partial charge in [0.2, 0.25) is 0 Å². The van der Waals surface area contributed by atoms with Crippen LogP contribution < -0.4 is 9.47 Å². The number of hydrogen-bond donors (Lipinski definition) is 1. The fourth-order valence-electron chi connectivity index (χ4n) is 2.88. The zero-order valence-corrected chi connectivity index (χ0v) is 13.7. The van der Waals surface area contributed by atoms with Crippen LogP contribution in [-0.4, -0.2) is 42.4 Å². The van der Waals surface area contributed by atoms with Gasteiger partial charge in [0.1, 0.15) is 12.3 Å². The van der Waals surface area contributed by atoms with Gasteiger partial charge in [0.15, 0.2) is 11.5 Å². The van der Waals surface area contributed by atoms with Gasteiger partial charge in [-0.05, 0) is 43.9 Å². The van der Waals surface area contributed by atoms with Gasteiger partial charge >= 0.3 is 0 Å². The average Bonchev–Trinajstić information content (AvgIpc) is 2.59. The molecule has 0 unspecified atom stereocenters.